The summed E-state index contributed by atoms with van der Waals surface area (Å²) in [6, 6.07) is 16.1. The zero-order valence-corrected chi connectivity index (χ0v) is 12.2. The summed E-state index contributed by atoms with van der Waals surface area (Å²) in [6.45, 7) is 1.64. The van der Waals surface area contributed by atoms with E-state index >= 15 is 0 Å². The molecule has 0 saturated heterocycles. The maximum Gasteiger partial charge on any atom is 0.167 e. The van der Waals surface area contributed by atoms with Crippen molar-refractivity contribution in [1.29, 1.82) is 0 Å². The lowest BCUT2D eigenvalue weighted by Gasteiger charge is -2.06. The first-order chi connectivity index (χ1) is 8.65. The molecule has 0 atom stereocenters. The fraction of sp³-hybridized carbons (Fsp3) is 0.133. The molecule has 0 amide bonds. The number of Topliss-reactive ketones (excluding diaryl/α,β-unsaturated/α-hetero) is 1. The van der Waals surface area contributed by atoms with E-state index in [1.807, 2.05) is 24.3 Å². The molecule has 0 aliphatic rings. The molecule has 0 N–H and O–H groups in total. The molecule has 0 aliphatic heterocycles. The van der Waals surface area contributed by atoms with Gasteiger partial charge in [-0.3, -0.25) is 4.79 Å². The summed E-state index contributed by atoms with van der Waals surface area (Å²) in [4.78, 5) is 10.8. The molecule has 0 saturated carbocycles. The third-order valence-electron chi connectivity index (χ3n) is 2.47. The van der Waals surface area contributed by atoms with Crippen LogP contribution in [0.2, 0.25) is 0 Å². The van der Waals surface area contributed by atoms with Crippen LogP contribution in [0, 0.1) is 3.57 Å². The summed E-state index contributed by atoms with van der Waals surface area (Å²) in [5.74, 6) is 0.746. The Balaban J connectivity index is 2.12. The number of hydrogen-bond donors (Lipinski definition) is 0. The van der Waals surface area contributed by atoms with Crippen LogP contribution in [0.4, 0.5) is 0 Å². The van der Waals surface area contributed by atoms with E-state index in [1.54, 1.807) is 0 Å². The van der Waals surface area contributed by atoms with Crippen LogP contribution in [-0.4, -0.2) is 12.4 Å². The van der Waals surface area contributed by atoms with E-state index in [-0.39, 0.29) is 12.4 Å². The summed E-state index contributed by atoms with van der Waals surface area (Å²) in [6.07, 6.45) is 0. The Kier molecular flexibility index (Phi) is 4.36. The van der Waals surface area contributed by atoms with Crippen LogP contribution < -0.4 is 4.74 Å². The average Bonchev–Trinajstić information content (AvgIpc) is 2.38. The van der Waals surface area contributed by atoms with E-state index in [9.17, 15) is 4.79 Å². The highest BCUT2D eigenvalue weighted by Gasteiger charge is 2.00. The maximum atomic E-state index is 10.8. The van der Waals surface area contributed by atoms with E-state index in [0.29, 0.717) is 0 Å². The third-order valence-corrected chi connectivity index (χ3v) is 3.19. The highest BCUT2D eigenvalue weighted by molar-refractivity contribution is 14.1. The molecule has 2 aromatic rings. The van der Waals surface area contributed by atoms with Gasteiger partial charge in [-0.25, -0.2) is 0 Å². The van der Waals surface area contributed by atoms with Gasteiger partial charge in [-0.05, 0) is 64.9 Å². The summed E-state index contributed by atoms with van der Waals surface area (Å²) >= 11 is 2.29. The second kappa shape index (κ2) is 6.00. The van der Waals surface area contributed by atoms with Crippen LogP contribution >= 0.6 is 22.6 Å². The minimum Gasteiger partial charge on any atom is -0.486 e. The molecule has 0 radical (unpaired) electrons. The van der Waals surface area contributed by atoms with E-state index < -0.39 is 0 Å². The normalized spacial score (nSPS) is 10.1. The predicted molar refractivity (Wildman–Crippen MR) is 80.8 cm³/mol. The van der Waals surface area contributed by atoms with Crippen LogP contribution in [0.5, 0.6) is 5.75 Å². The van der Waals surface area contributed by atoms with E-state index in [1.165, 1.54) is 16.1 Å². The minimum absolute atomic E-state index is 0.0247. The van der Waals surface area contributed by atoms with Crippen LogP contribution in [0.15, 0.2) is 48.5 Å². The molecular weight excluding hydrogens is 339 g/mol. The first kappa shape index (κ1) is 13.1. The van der Waals surface area contributed by atoms with Crippen molar-refractivity contribution in [3.8, 4) is 16.9 Å². The second-order valence-electron chi connectivity index (χ2n) is 4.02. The third kappa shape index (κ3) is 3.57. The van der Waals surface area contributed by atoms with Gasteiger partial charge >= 0.3 is 0 Å². The fourth-order valence-electron chi connectivity index (χ4n) is 1.57. The number of benzene rings is 2. The predicted octanol–water partition coefficient (Wildman–Crippen LogP) is 3.93. The SMILES string of the molecule is CC(=O)COc1ccc(-c2ccc(I)cc2)cc1. The molecule has 18 heavy (non-hydrogen) atoms. The van der Waals surface area contributed by atoms with Crippen molar-refractivity contribution in [2.75, 3.05) is 6.61 Å². The minimum atomic E-state index is 0.0247. The Morgan fingerprint density at radius 3 is 2.00 bits per heavy atom. The van der Waals surface area contributed by atoms with Gasteiger partial charge in [0.15, 0.2) is 5.78 Å². The lowest BCUT2D eigenvalue weighted by atomic mass is 10.1. The molecule has 0 bridgehead atoms. The van der Waals surface area contributed by atoms with Crippen LogP contribution in [0.1, 0.15) is 6.92 Å². The quantitative estimate of drug-likeness (QED) is 0.780. The molecule has 0 aliphatic carbocycles. The van der Waals surface area contributed by atoms with Gasteiger partial charge in [0.2, 0.25) is 0 Å². The van der Waals surface area contributed by atoms with Crippen molar-refractivity contribution in [3.63, 3.8) is 0 Å². The highest BCUT2D eigenvalue weighted by Crippen LogP contribution is 2.23. The number of ketones is 1. The van der Waals surface area contributed by atoms with Gasteiger partial charge in [0, 0.05) is 3.57 Å². The molecule has 2 aromatic carbocycles. The molecule has 0 aromatic heterocycles. The van der Waals surface area contributed by atoms with Gasteiger partial charge in [-0.15, -0.1) is 0 Å². The zero-order valence-electron chi connectivity index (χ0n) is 10.0. The summed E-state index contributed by atoms with van der Waals surface area (Å²) in [5.41, 5.74) is 2.31. The van der Waals surface area contributed by atoms with Crippen molar-refractivity contribution in [3.05, 3.63) is 52.1 Å². The fourth-order valence-corrected chi connectivity index (χ4v) is 1.93. The number of carbonyl (C=O) groups excluding carboxylic acids is 1. The van der Waals surface area contributed by atoms with Gasteiger partial charge in [0.05, 0.1) is 0 Å². The molecule has 2 rings (SSSR count). The van der Waals surface area contributed by atoms with E-state index in [2.05, 4.69) is 46.9 Å². The summed E-state index contributed by atoms with van der Waals surface area (Å²) < 4.78 is 6.55. The molecule has 0 spiro atoms. The average molecular weight is 352 g/mol. The molecule has 0 unspecified atom stereocenters. The van der Waals surface area contributed by atoms with Crippen LogP contribution in [0.25, 0.3) is 11.1 Å². The maximum absolute atomic E-state index is 10.8. The van der Waals surface area contributed by atoms with Crippen LogP contribution in [-0.2, 0) is 4.79 Å². The molecule has 0 heterocycles. The van der Waals surface area contributed by atoms with Crippen LogP contribution in [0.3, 0.4) is 0 Å². The van der Waals surface area contributed by atoms with E-state index in [0.717, 1.165) is 11.3 Å². The van der Waals surface area contributed by atoms with Gasteiger partial charge in [-0.2, -0.15) is 0 Å². The Morgan fingerprint density at radius 1 is 1.00 bits per heavy atom. The standard InChI is InChI=1S/C15H13IO2/c1-11(17)10-18-15-8-4-13(5-9-15)12-2-6-14(16)7-3-12/h2-9H,10H2,1H3. The molecule has 2 nitrogen and oxygen atoms in total. The van der Waals surface area contributed by atoms with Crippen molar-refractivity contribution in [1.82, 2.24) is 0 Å². The van der Waals surface area contributed by atoms with Crippen molar-refractivity contribution < 1.29 is 9.53 Å². The monoisotopic (exact) mass is 352 g/mol. The highest BCUT2D eigenvalue weighted by atomic mass is 127. The zero-order chi connectivity index (χ0) is 13.0. The van der Waals surface area contributed by atoms with Crippen molar-refractivity contribution >= 4 is 28.4 Å². The Bertz CT molecular complexity index is 529. The lowest BCUT2D eigenvalue weighted by Crippen LogP contribution is -2.06. The molecule has 3 heteroatoms. The largest absolute Gasteiger partial charge is 0.486 e. The smallest absolute Gasteiger partial charge is 0.167 e. The lowest BCUT2D eigenvalue weighted by molar-refractivity contribution is -0.118. The Hall–Kier alpha value is -1.36. The van der Waals surface area contributed by atoms with Gasteiger partial charge < -0.3 is 4.74 Å². The van der Waals surface area contributed by atoms with Gasteiger partial charge in [-0.1, -0.05) is 24.3 Å². The first-order valence-electron chi connectivity index (χ1n) is 5.63. The van der Waals surface area contributed by atoms with E-state index in [4.69, 9.17) is 4.74 Å². The number of carbonyl (C=O) groups is 1. The summed E-state index contributed by atoms with van der Waals surface area (Å²) in [5, 5.41) is 0. The number of hydrogen-bond acceptors (Lipinski definition) is 2. The number of halogens is 1. The first-order valence-corrected chi connectivity index (χ1v) is 6.71. The molecular formula is C15H13IO2. The molecule has 0 fully saturated rings. The topological polar surface area (TPSA) is 26.3 Å². The van der Waals surface area contributed by atoms with Crippen molar-refractivity contribution in [2.45, 2.75) is 6.92 Å². The second-order valence-corrected chi connectivity index (χ2v) is 5.27. The summed E-state index contributed by atoms with van der Waals surface area (Å²) in [7, 11) is 0. The molecule has 92 valence electrons. The Morgan fingerprint density at radius 2 is 1.50 bits per heavy atom. The Labute approximate surface area is 120 Å². The number of rotatable bonds is 4. The van der Waals surface area contributed by atoms with Gasteiger partial charge in [0.25, 0.3) is 0 Å². The van der Waals surface area contributed by atoms with Crippen molar-refractivity contribution in [2.24, 2.45) is 0 Å². The number of ether oxygens (including phenoxy) is 1. The van der Waals surface area contributed by atoms with Gasteiger partial charge in [0.1, 0.15) is 12.4 Å².